The lowest BCUT2D eigenvalue weighted by atomic mass is 10.1. The molecule has 0 radical (unpaired) electrons. The van der Waals surface area contributed by atoms with Gasteiger partial charge >= 0.3 is 12.1 Å². The summed E-state index contributed by atoms with van der Waals surface area (Å²) in [7, 11) is 0. The Hall–Kier alpha value is -3.08. The smallest absolute Gasteiger partial charge is 0.416 e. The summed E-state index contributed by atoms with van der Waals surface area (Å²) < 4.78 is 71.9. The van der Waals surface area contributed by atoms with Gasteiger partial charge in [-0.1, -0.05) is 11.3 Å². The predicted octanol–water partition coefficient (Wildman–Crippen LogP) is 4.30. The SMILES string of the molecule is CCOC(=O)Cn1c(=NC(=O)c2ccc(C(F)(F)F)cc2)sc2cc(F)cc(F)c21. The van der Waals surface area contributed by atoms with Crippen LogP contribution in [0.3, 0.4) is 0 Å². The molecule has 1 amide bonds. The lowest BCUT2D eigenvalue weighted by molar-refractivity contribution is -0.143. The molecule has 0 spiro atoms. The number of hydrogen-bond donors (Lipinski definition) is 0. The zero-order valence-electron chi connectivity index (χ0n) is 15.3. The number of carbonyl (C=O) groups is 2. The number of fused-ring (bicyclic) bond motifs is 1. The highest BCUT2D eigenvalue weighted by atomic mass is 32.1. The standard InChI is InChI=1S/C19H13F5N2O3S/c1-2-29-15(27)9-26-16-13(21)7-12(20)8-14(16)30-18(26)25-17(28)10-3-5-11(6-4-10)19(22,23)24/h3-8H,2,9H2,1H3. The van der Waals surface area contributed by atoms with E-state index in [1.807, 2.05) is 0 Å². The maximum Gasteiger partial charge on any atom is 0.416 e. The van der Waals surface area contributed by atoms with Crippen molar-refractivity contribution in [3.63, 3.8) is 0 Å². The van der Waals surface area contributed by atoms with Gasteiger partial charge in [0.1, 0.15) is 12.4 Å². The molecule has 3 aromatic rings. The molecule has 1 heterocycles. The van der Waals surface area contributed by atoms with E-state index in [0.29, 0.717) is 6.07 Å². The third-order valence-corrected chi connectivity index (χ3v) is 4.97. The Morgan fingerprint density at radius 1 is 1.13 bits per heavy atom. The van der Waals surface area contributed by atoms with Crippen molar-refractivity contribution >= 4 is 33.4 Å². The molecule has 0 atom stereocenters. The summed E-state index contributed by atoms with van der Waals surface area (Å²) >= 11 is 0.750. The van der Waals surface area contributed by atoms with Crippen molar-refractivity contribution in [2.45, 2.75) is 19.6 Å². The van der Waals surface area contributed by atoms with E-state index in [1.54, 1.807) is 6.92 Å². The average molecular weight is 444 g/mol. The van der Waals surface area contributed by atoms with Crippen molar-refractivity contribution in [2.75, 3.05) is 6.61 Å². The van der Waals surface area contributed by atoms with Crippen molar-refractivity contribution in [2.24, 2.45) is 4.99 Å². The fourth-order valence-corrected chi connectivity index (χ4v) is 3.72. The van der Waals surface area contributed by atoms with Gasteiger partial charge in [-0.15, -0.1) is 0 Å². The number of hydrogen-bond acceptors (Lipinski definition) is 4. The Balaban J connectivity index is 2.09. The van der Waals surface area contributed by atoms with Gasteiger partial charge < -0.3 is 9.30 Å². The zero-order valence-corrected chi connectivity index (χ0v) is 16.1. The summed E-state index contributed by atoms with van der Waals surface area (Å²) in [4.78, 5) is 28.0. The number of rotatable bonds is 4. The molecule has 0 bridgehead atoms. The summed E-state index contributed by atoms with van der Waals surface area (Å²) in [6.07, 6.45) is -4.56. The minimum Gasteiger partial charge on any atom is -0.465 e. The average Bonchev–Trinajstić information content (AvgIpc) is 2.98. The summed E-state index contributed by atoms with van der Waals surface area (Å²) in [6.45, 7) is 1.15. The van der Waals surface area contributed by atoms with E-state index in [-0.39, 0.29) is 27.2 Å². The van der Waals surface area contributed by atoms with Gasteiger partial charge in [0.15, 0.2) is 10.6 Å². The quantitative estimate of drug-likeness (QED) is 0.445. The number of benzene rings is 2. The first kappa shape index (κ1) is 21.6. The van der Waals surface area contributed by atoms with Crippen LogP contribution in [0.15, 0.2) is 41.4 Å². The van der Waals surface area contributed by atoms with Crippen molar-refractivity contribution in [1.82, 2.24) is 4.57 Å². The van der Waals surface area contributed by atoms with Crippen LogP contribution in [-0.2, 0) is 22.3 Å². The molecule has 11 heteroatoms. The van der Waals surface area contributed by atoms with E-state index in [9.17, 15) is 31.5 Å². The van der Waals surface area contributed by atoms with E-state index < -0.39 is 41.8 Å². The first-order valence-corrected chi connectivity index (χ1v) is 9.32. The second kappa shape index (κ2) is 8.34. The van der Waals surface area contributed by atoms with Crippen LogP contribution in [0.4, 0.5) is 22.0 Å². The molecule has 0 fully saturated rings. The van der Waals surface area contributed by atoms with Gasteiger partial charge in [0, 0.05) is 11.6 Å². The van der Waals surface area contributed by atoms with Crippen LogP contribution in [0.25, 0.3) is 10.2 Å². The van der Waals surface area contributed by atoms with Crippen molar-refractivity contribution in [1.29, 1.82) is 0 Å². The fraction of sp³-hybridized carbons (Fsp3) is 0.211. The van der Waals surface area contributed by atoms with E-state index >= 15 is 0 Å². The van der Waals surface area contributed by atoms with Crippen LogP contribution < -0.4 is 4.80 Å². The summed E-state index contributed by atoms with van der Waals surface area (Å²) in [6, 6.07) is 5.02. The molecule has 0 aliphatic rings. The van der Waals surface area contributed by atoms with Crippen LogP contribution in [0.2, 0.25) is 0 Å². The van der Waals surface area contributed by atoms with Gasteiger partial charge in [0.2, 0.25) is 0 Å². The number of aromatic nitrogens is 1. The van der Waals surface area contributed by atoms with Crippen LogP contribution in [-0.4, -0.2) is 23.1 Å². The predicted molar refractivity (Wildman–Crippen MR) is 97.7 cm³/mol. The Kier molecular flexibility index (Phi) is 6.01. The lowest BCUT2D eigenvalue weighted by Gasteiger charge is -2.06. The second-order valence-corrected chi connectivity index (χ2v) is 7.01. The van der Waals surface area contributed by atoms with Crippen molar-refractivity contribution in [3.05, 3.63) is 64.0 Å². The molecule has 158 valence electrons. The number of halogens is 5. The van der Waals surface area contributed by atoms with Gasteiger partial charge in [-0.3, -0.25) is 9.59 Å². The molecule has 5 nitrogen and oxygen atoms in total. The second-order valence-electron chi connectivity index (χ2n) is 6.00. The molecular formula is C19H13F5N2O3S. The monoisotopic (exact) mass is 444 g/mol. The van der Waals surface area contributed by atoms with Gasteiger partial charge in [-0.05, 0) is 37.3 Å². The van der Waals surface area contributed by atoms with E-state index in [0.717, 1.165) is 46.2 Å². The summed E-state index contributed by atoms with van der Waals surface area (Å²) in [5, 5.41) is 0. The maximum absolute atomic E-state index is 14.3. The van der Waals surface area contributed by atoms with Crippen LogP contribution >= 0.6 is 11.3 Å². The van der Waals surface area contributed by atoms with Gasteiger partial charge in [-0.2, -0.15) is 18.2 Å². The largest absolute Gasteiger partial charge is 0.465 e. The Morgan fingerprint density at radius 2 is 1.80 bits per heavy atom. The molecule has 0 saturated heterocycles. The highest BCUT2D eigenvalue weighted by Crippen LogP contribution is 2.29. The van der Waals surface area contributed by atoms with Gasteiger partial charge in [0.05, 0.1) is 22.4 Å². The van der Waals surface area contributed by atoms with E-state index in [1.165, 1.54) is 0 Å². The van der Waals surface area contributed by atoms with Gasteiger partial charge in [0.25, 0.3) is 5.91 Å². The third-order valence-electron chi connectivity index (χ3n) is 3.94. The number of amides is 1. The normalized spacial score (nSPS) is 12.4. The highest BCUT2D eigenvalue weighted by Gasteiger charge is 2.30. The van der Waals surface area contributed by atoms with Crippen molar-refractivity contribution in [3.8, 4) is 0 Å². The molecule has 0 saturated carbocycles. The minimum atomic E-state index is -4.56. The third kappa shape index (κ3) is 4.56. The van der Waals surface area contributed by atoms with E-state index in [2.05, 4.69) is 4.99 Å². The molecule has 1 aromatic heterocycles. The first-order valence-electron chi connectivity index (χ1n) is 8.50. The summed E-state index contributed by atoms with van der Waals surface area (Å²) in [5.74, 6) is -3.46. The number of ether oxygens (including phenoxy) is 1. The number of nitrogens with zero attached hydrogens (tertiary/aromatic N) is 2. The number of esters is 1. The molecule has 0 unspecified atom stereocenters. The molecule has 0 aliphatic carbocycles. The molecule has 30 heavy (non-hydrogen) atoms. The highest BCUT2D eigenvalue weighted by molar-refractivity contribution is 7.16. The Morgan fingerprint density at radius 3 is 2.40 bits per heavy atom. The number of carbonyl (C=O) groups excluding carboxylic acids is 2. The lowest BCUT2D eigenvalue weighted by Crippen LogP contribution is -2.23. The van der Waals surface area contributed by atoms with Crippen LogP contribution in [0.1, 0.15) is 22.8 Å². The molecule has 3 rings (SSSR count). The minimum absolute atomic E-state index is 0.0650. The first-order chi connectivity index (χ1) is 14.1. The van der Waals surface area contributed by atoms with Crippen LogP contribution in [0.5, 0.6) is 0 Å². The molecule has 0 N–H and O–H groups in total. The summed E-state index contributed by atoms with van der Waals surface area (Å²) in [5.41, 5.74) is -1.22. The topological polar surface area (TPSA) is 60.7 Å². The van der Waals surface area contributed by atoms with Gasteiger partial charge in [-0.25, -0.2) is 8.78 Å². The molecule has 2 aromatic carbocycles. The fourth-order valence-electron chi connectivity index (χ4n) is 2.65. The van der Waals surface area contributed by atoms with Crippen LogP contribution in [0, 0.1) is 11.6 Å². The van der Waals surface area contributed by atoms with E-state index in [4.69, 9.17) is 4.74 Å². The number of alkyl halides is 3. The Labute approximate surface area is 170 Å². The zero-order chi connectivity index (χ0) is 22.1. The molecule has 0 aliphatic heterocycles. The van der Waals surface area contributed by atoms with Crippen molar-refractivity contribution < 1.29 is 36.3 Å². The molecular weight excluding hydrogens is 431 g/mol. The Bertz CT molecular complexity index is 1180. The maximum atomic E-state index is 14.3. The number of thiazole rings is 1.